The third-order valence-corrected chi connectivity index (χ3v) is 3.57. The Morgan fingerprint density at radius 2 is 1.88 bits per heavy atom. The normalized spacial score (nSPS) is 11.0. The summed E-state index contributed by atoms with van der Waals surface area (Å²) >= 11 is 0. The highest BCUT2D eigenvalue weighted by atomic mass is 19.1. The minimum atomic E-state index is -0.903. The fraction of sp³-hybridized carbons (Fsp3) is 0.167. The number of nitrogens with one attached hydrogen (secondary N) is 2. The average Bonchev–Trinajstić information content (AvgIpc) is 2.96. The highest BCUT2D eigenvalue weighted by Crippen LogP contribution is 2.19. The molecule has 0 aliphatic rings. The fourth-order valence-corrected chi connectivity index (χ4v) is 2.46. The fourth-order valence-electron chi connectivity index (χ4n) is 2.46. The largest absolute Gasteiger partial charge is 0.347 e. The van der Waals surface area contributed by atoms with Gasteiger partial charge in [0.05, 0.1) is 11.2 Å². The summed E-state index contributed by atoms with van der Waals surface area (Å²) in [5, 5.41) is 5.06. The van der Waals surface area contributed by atoms with E-state index in [9.17, 15) is 18.4 Å². The lowest BCUT2D eigenvalue weighted by Gasteiger charge is -2.06. The van der Waals surface area contributed by atoms with Crippen LogP contribution in [-0.2, 0) is 0 Å². The Labute approximate surface area is 147 Å². The van der Waals surface area contributed by atoms with Crippen molar-refractivity contribution in [3.05, 3.63) is 65.7 Å². The van der Waals surface area contributed by atoms with Crippen LogP contribution in [0.15, 0.2) is 42.6 Å². The van der Waals surface area contributed by atoms with Crippen LogP contribution in [0.25, 0.3) is 5.52 Å². The summed E-state index contributed by atoms with van der Waals surface area (Å²) < 4.78 is 28.3. The predicted octanol–water partition coefficient (Wildman–Crippen LogP) is 3.00. The van der Waals surface area contributed by atoms with Crippen molar-refractivity contribution in [1.29, 1.82) is 0 Å². The standard InChI is InChI=1S/C18H16F2N4O2/c1-10(2)21-18(26)16-23-15(14-5-3-4-8-24(14)16)17(25)22-13-7-6-11(19)9-12(13)20/h3-10H,1-2H3,(H,21,26)(H,22,25). The first kappa shape index (κ1) is 17.5. The first-order valence-corrected chi connectivity index (χ1v) is 7.91. The van der Waals surface area contributed by atoms with Crippen LogP contribution in [0.5, 0.6) is 0 Å². The van der Waals surface area contributed by atoms with Crippen LogP contribution in [0.4, 0.5) is 14.5 Å². The number of hydrogen-bond donors (Lipinski definition) is 2. The number of aromatic nitrogens is 2. The zero-order valence-corrected chi connectivity index (χ0v) is 14.1. The van der Waals surface area contributed by atoms with E-state index < -0.39 is 23.4 Å². The second kappa shape index (κ2) is 6.91. The van der Waals surface area contributed by atoms with Crippen molar-refractivity contribution in [2.75, 3.05) is 5.32 Å². The van der Waals surface area contributed by atoms with Crippen molar-refractivity contribution in [2.24, 2.45) is 0 Å². The molecule has 1 aromatic carbocycles. The van der Waals surface area contributed by atoms with Crippen LogP contribution >= 0.6 is 0 Å². The molecule has 0 radical (unpaired) electrons. The topological polar surface area (TPSA) is 75.5 Å². The number of rotatable bonds is 4. The zero-order chi connectivity index (χ0) is 18.8. The molecule has 0 saturated heterocycles. The van der Waals surface area contributed by atoms with Gasteiger partial charge in [-0.25, -0.2) is 13.8 Å². The van der Waals surface area contributed by atoms with E-state index in [4.69, 9.17) is 0 Å². The molecule has 0 bridgehead atoms. The molecule has 0 saturated carbocycles. The van der Waals surface area contributed by atoms with Gasteiger partial charge in [0.1, 0.15) is 11.6 Å². The summed E-state index contributed by atoms with van der Waals surface area (Å²) in [5.41, 5.74) is 0.173. The number of halogens is 2. The molecule has 134 valence electrons. The molecule has 2 N–H and O–H groups in total. The van der Waals surface area contributed by atoms with Crippen LogP contribution in [0, 0.1) is 11.6 Å². The van der Waals surface area contributed by atoms with E-state index in [0.29, 0.717) is 11.6 Å². The van der Waals surface area contributed by atoms with E-state index in [1.807, 2.05) is 0 Å². The van der Waals surface area contributed by atoms with Crippen LogP contribution in [0.3, 0.4) is 0 Å². The smallest absolute Gasteiger partial charge is 0.287 e. The second-order valence-electron chi connectivity index (χ2n) is 5.95. The third kappa shape index (κ3) is 3.39. The Hall–Kier alpha value is -3.29. The van der Waals surface area contributed by atoms with E-state index in [1.54, 1.807) is 38.2 Å². The van der Waals surface area contributed by atoms with Gasteiger partial charge >= 0.3 is 0 Å². The van der Waals surface area contributed by atoms with Crippen LogP contribution in [-0.4, -0.2) is 27.2 Å². The number of amides is 2. The summed E-state index contributed by atoms with van der Waals surface area (Å²) in [6.07, 6.45) is 1.60. The molecule has 3 rings (SSSR count). The first-order valence-electron chi connectivity index (χ1n) is 7.91. The number of anilines is 1. The van der Waals surface area contributed by atoms with E-state index in [1.165, 1.54) is 4.40 Å². The van der Waals surface area contributed by atoms with Crippen molar-refractivity contribution in [3.63, 3.8) is 0 Å². The lowest BCUT2D eigenvalue weighted by molar-refractivity contribution is 0.0932. The summed E-state index contributed by atoms with van der Waals surface area (Å²) in [4.78, 5) is 29.0. The molecule has 3 aromatic rings. The molecule has 6 nitrogen and oxygen atoms in total. The van der Waals surface area contributed by atoms with Gasteiger partial charge in [0.2, 0.25) is 5.82 Å². The molecule has 0 spiro atoms. The maximum atomic E-state index is 13.8. The maximum Gasteiger partial charge on any atom is 0.287 e. The summed E-state index contributed by atoms with van der Waals surface area (Å²) in [7, 11) is 0. The number of hydrogen-bond acceptors (Lipinski definition) is 3. The Morgan fingerprint density at radius 3 is 2.58 bits per heavy atom. The lowest BCUT2D eigenvalue weighted by Crippen LogP contribution is -2.31. The van der Waals surface area contributed by atoms with E-state index in [0.717, 1.165) is 12.1 Å². The van der Waals surface area contributed by atoms with Gasteiger partial charge in [-0.3, -0.25) is 14.0 Å². The van der Waals surface area contributed by atoms with Crippen LogP contribution in [0.2, 0.25) is 0 Å². The number of carbonyl (C=O) groups excluding carboxylic acids is 2. The molecule has 2 aromatic heterocycles. The van der Waals surface area contributed by atoms with Crippen LogP contribution < -0.4 is 10.6 Å². The van der Waals surface area contributed by atoms with E-state index in [2.05, 4.69) is 15.6 Å². The number of pyridine rings is 1. The molecule has 8 heteroatoms. The number of benzene rings is 1. The van der Waals surface area contributed by atoms with Gasteiger partial charge in [-0.1, -0.05) is 6.07 Å². The SMILES string of the molecule is CC(C)NC(=O)c1nc(C(=O)Nc2ccc(F)cc2F)c2ccccn12. The van der Waals surface area contributed by atoms with Crippen molar-refractivity contribution in [3.8, 4) is 0 Å². The minimum Gasteiger partial charge on any atom is -0.347 e. The van der Waals surface area contributed by atoms with Gasteiger partial charge in [-0.15, -0.1) is 0 Å². The Balaban J connectivity index is 1.99. The third-order valence-electron chi connectivity index (χ3n) is 3.57. The molecule has 0 aliphatic heterocycles. The second-order valence-corrected chi connectivity index (χ2v) is 5.95. The molecular formula is C18H16F2N4O2. The zero-order valence-electron chi connectivity index (χ0n) is 14.1. The molecule has 0 atom stereocenters. The number of imidazole rings is 1. The summed E-state index contributed by atoms with van der Waals surface area (Å²) in [6, 6.07) is 7.72. The highest BCUT2D eigenvalue weighted by Gasteiger charge is 2.22. The number of nitrogens with zero attached hydrogens (tertiary/aromatic N) is 2. The van der Waals surface area contributed by atoms with Crippen molar-refractivity contribution in [2.45, 2.75) is 19.9 Å². The molecule has 26 heavy (non-hydrogen) atoms. The molecule has 2 heterocycles. The van der Waals surface area contributed by atoms with Crippen molar-refractivity contribution in [1.82, 2.24) is 14.7 Å². The van der Waals surface area contributed by atoms with Gasteiger partial charge in [0.15, 0.2) is 5.69 Å². The van der Waals surface area contributed by atoms with Gasteiger partial charge in [0.25, 0.3) is 11.8 Å². The molecule has 0 fully saturated rings. The molecule has 0 aliphatic carbocycles. The predicted molar refractivity (Wildman–Crippen MR) is 92.1 cm³/mol. The Morgan fingerprint density at radius 1 is 1.12 bits per heavy atom. The first-order chi connectivity index (χ1) is 12.4. The Bertz CT molecular complexity index is 998. The van der Waals surface area contributed by atoms with Crippen molar-refractivity contribution >= 4 is 23.0 Å². The summed E-state index contributed by atoms with van der Waals surface area (Å²) in [5.74, 6) is -2.75. The van der Waals surface area contributed by atoms with Crippen molar-refractivity contribution < 1.29 is 18.4 Å². The monoisotopic (exact) mass is 358 g/mol. The lowest BCUT2D eigenvalue weighted by atomic mass is 10.2. The number of fused-ring (bicyclic) bond motifs is 1. The van der Waals surface area contributed by atoms with Gasteiger partial charge in [-0.2, -0.15) is 0 Å². The molecular weight excluding hydrogens is 342 g/mol. The number of carbonyl (C=O) groups is 2. The quantitative estimate of drug-likeness (QED) is 0.753. The van der Waals surface area contributed by atoms with E-state index >= 15 is 0 Å². The summed E-state index contributed by atoms with van der Waals surface area (Å²) in [6.45, 7) is 3.61. The maximum absolute atomic E-state index is 13.8. The Kier molecular flexibility index (Phi) is 4.66. The minimum absolute atomic E-state index is 0.0387. The molecule has 0 unspecified atom stereocenters. The molecule has 2 amide bonds. The highest BCUT2D eigenvalue weighted by molar-refractivity contribution is 6.09. The van der Waals surface area contributed by atoms with E-state index in [-0.39, 0.29) is 23.2 Å². The van der Waals surface area contributed by atoms with Crippen LogP contribution in [0.1, 0.15) is 35.0 Å². The van der Waals surface area contributed by atoms with Gasteiger partial charge in [-0.05, 0) is 38.1 Å². The van der Waals surface area contributed by atoms with Gasteiger partial charge < -0.3 is 10.6 Å². The average molecular weight is 358 g/mol. The van der Waals surface area contributed by atoms with Gasteiger partial charge in [0, 0.05) is 18.3 Å².